The van der Waals surface area contributed by atoms with Crippen LogP contribution in [0.15, 0.2) is 47.4 Å². The number of nitrogens with zero attached hydrogens (tertiary/aromatic N) is 1. The van der Waals surface area contributed by atoms with Gasteiger partial charge in [-0.1, -0.05) is 35.4 Å². The van der Waals surface area contributed by atoms with Crippen LogP contribution in [0.5, 0.6) is 5.75 Å². The average molecular weight is 396 g/mol. The Balaban J connectivity index is 1.68. The fourth-order valence-electron chi connectivity index (χ4n) is 3.33. The number of sulfonamides is 1. The third-order valence-electron chi connectivity index (χ3n) is 4.76. The Hall–Kier alpha value is -1.60. The summed E-state index contributed by atoms with van der Waals surface area (Å²) in [6, 6.07) is 12.8. The van der Waals surface area contributed by atoms with Crippen LogP contribution in [0.4, 0.5) is 0 Å². The van der Waals surface area contributed by atoms with Crippen molar-refractivity contribution in [2.24, 2.45) is 0 Å². The second-order valence-corrected chi connectivity index (χ2v) is 8.89. The minimum Gasteiger partial charge on any atom is -0.496 e. The quantitative estimate of drug-likeness (QED) is 0.839. The van der Waals surface area contributed by atoms with Crippen LogP contribution in [0, 0.1) is 6.92 Å². The predicted molar refractivity (Wildman–Crippen MR) is 102 cm³/mol. The zero-order valence-electron chi connectivity index (χ0n) is 15.0. The number of quaternary nitrogens is 1. The van der Waals surface area contributed by atoms with E-state index < -0.39 is 10.0 Å². The number of halogens is 1. The number of rotatable bonds is 5. The maximum absolute atomic E-state index is 12.8. The van der Waals surface area contributed by atoms with Crippen LogP contribution >= 0.6 is 11.6 Å². The summed E-state index contributed by atoms with van der Waals surface area (Å²) in [5, 5.41) is 0.270. The van der Waals surface area contributed by atoms with E-state index >= 15 is 0 Å². The van der Waals surface area contributed by atoms with E-state index in [1.165, 1.54) is 14.8 Å². The highest BCUT2D eigenvalue weighted by Crippen LogP contribution is 2.24. The first kappa shape index (κ1) is 19.2. The summed E-state index contributed by atoms with van der Waals surface area (Å²) in [5.41, 5.74) is 2.35. The molecule has 0 spiro atoms. The molecule has 7 heteroatoms. The Morgan fingerprint density at radius 3 is 2.50 bits per heavy atom. The molecule has 2 aromatic carbocycles. The number of aryl methyl sites for hydroxylation is 1. The van der Waals surface area contributed by atoms with E-state index in [2.05, 4.69) is 13.0 Å². The molecule has 26 heavy (non-hydrogen) atoms. The maximum atomic E-state index is 12.8. The Bertz CT molecular complexity index is 878. The standard InChI is InChI=1S/C19H23ClN2O3S/c1-15-7-8-18(25-2)16(13-15)14-21-9-11-22(12-10-21)26(23,24)19-6-4-3-5-17(19)20/h3-8,13H,9-12,14H2,1-2H3/p+1. The van der Waals surface area contributed by atoms with Crippen LogP contribution in [0.3, 0.4) is 0 Å². The smallest absolute Gasteiger partial charge is 0.244 e. The second kappa shape index (κ2) is 7.96. The normalized spacial score (nSPS) is 16.6. The van der Waals surface area contributed by atoms with Crippen LogP contribution in [-0.2, 0) is 16.6 Å². The van der Waals surface area contributed by atoms with Gasteiger partial charge in [0.2, 0.25) is 10.0 Å². The van der Waals surface area contributed by atoms with Gasteiger partial charge in [0.25, 0.3) is 0 Å². The van der Waals surface area contributed by atoms with Crippen LogP contribution in [-0.4, -0.2) is 46.0 Å². The largest absolute Gasteiger partial charge is 0.496 e. The van der Waals surface area contributed by atoms with Crippen molar-refractivity contribution in [3.05, 3.63) is 58.6 Å². The molecule has 1 heterocycles. The lowest BCUT2D eigenvalue weighted by atomic mass is 10.1. The molecule has 140 valence electrons. The zero-order chi connectivity index (χ0) is 18.7. The third-order valence-corrected chi connectivity index (χ3v) is 7.16. The van der Waals surface area contributed by atoms with Crippen molar-refractivity contribution in [2.45, 2.75) is 18.4 Å². The molecule has 1 N–H and O–H groups in total. The van der Waals surface area contributed by atoms with Gasteiger partial charge in [0.15, 0.2) is 0 Å². The molecule has 0 amide bonds. The fourth-order valence-corrected chi connectivity index (χ4v) is 5.26. The first-order valence-electron chi connectivity index (χ1n) is 8.63. The van der Waals surface area contributed by atoms with E-state index in [0.29, 0.717) is 13.1 Å². The van der Waals surface area contributed by atoms with Crippen LogP contribution < -0.4 is 9.64 Å². The van der Waals surface area contributed by atoms with Gasteiger partial charge in [-0.05, 0) is 31.2 Å². The highest BCUT2D eigenvalue weighted by molar-refractivity contribution is 7.89. The molecule has 1 fully saturated rings. The monoisotopic (exact) mass is 395 g/mol. The van der Waals surface area contributed by atoms with Gasteiger partial charge >= 0.3 is 0 Å². The number of methoxy groups -OCH3 is 1. The van der Waals surface area contributed by atoms with Gasteiger partial charge in [0, 0.05) is 5.56 Å². The number of hydrogen-bond acceptors (Lipinski definition) is 3. The van der Waals surface area contributed by atoms with E-state index in [1.54, 1.807) is 31.4 Å². The zero-order valence-corrected chi connectivity index (χ0v) is 16.6. The SMILES string of the molecule is COc1ccc(C)cc1C[NH+]1CCN(S(=O)(=O)c2ccccc2Cl)CC1. The Morgan fingerprint density at radius 1 is 1.15 bits per heavy atom. The molecule has 3 rings (SSSR count). The lowest BCUT2D eigenvalue weighted by molar-refractivity contribution is -0.917. The first-order chi connectivity index (χ1) is 12.4. The molecule has 0 radical (unpaired) electrons. The molecule has 0 saturated carbocycles. The number of benzene rings is 2. The van der Waals surface area contributed by atoms with Crippen molar-refractivity contribution in [3.8, 4) is 5.75 Å². The number of hydrogen-bond donors (Lipinski definition) is 1. The van der Waals surface area contributed by atoms with Crippen LogP contribution in [0.1, 0.15) is 11.1 Å². The molecule has 0 aromatic heterocycles. The van der Waals surface area contributed by atoms with Crippen molar-refractivity contribution in [3.63, 3.8) is 0 Å². The van der Waals surface area contributed by atoms with Crippen molar-refractivity contribution in [2.75, 3.05) is 33.3 Å². The first-order valence-corrected chi connectivity index (χ1v) is 10.5. The van der Waals surface area contributed by atoms with E-state index in [-0.39, 0.29) is 9.92 Å². The van der Waals surface area contributed by atoms with Crippen LogP contribution in [0.2, 0.25) is 5.02 Å². The van der Waals surface area contributed by atoms with Crippen molar-refractivity contribution in [1.29, 1.82) is 0 Å². The van der Waals surface area contributed by atoms with Gasteiger partial charge in [-0.3, -0.25) is 0 Å². The summed E-state index contributed by atoms with van der Waals surface area (Å²) in [7, 11) is -1.87. The highest BCUT2D eigenvalue weighted by atomic mass is 35.5. The third kappa shape index (κ3) is 4.04. The van der Waals surface area contributed by atoms with Gasteiger partial charge in [0.1, 0.15) is 17.2 Å². The van der Waals surface area contributed by atoms with Crippen molar-refractivity contribution < 1.29 is 18.1 Å². The molecule has 0 unspecified atom stereocenters. The van der Waals surface area contributed by atoms with Gasteiger partial charge in [-0.25, -0.2) is 8.42 Å². The summed E-state index contributed by atoms with van der Waals surface area (Å²) >= 11 is 6.09. The summed E-state index contributed by atoms with van der Waals surface area (Å²) in [5.74, 6) is 0.884. The van der Waals surface area contributed by atoms with Gasteiger partial charge in [-0.2, -0.15) is 4.31 Å². The molecule has 0 aliphatic carbocycles. The van der Waals surface area contributed by atoms with Gasteiger partial charge in [0.05, 0.1) is 38.3 Å². The maximum Gasteiger partial charge on any atom is 0.244 e. The Labute approximate surface area is 160 Å². The van der Waals surface area contributed by atoms with E-state index in [4.69, 9.17) is 16.3 Å². The highest BCUT2D eigenvalue weighted by Gasteiger charge is 2.31. The summed E-state index contributed by atoms with van der Waals surface area (Å²) < 4.78 is 32.6. The topological polar surface area (TPSA) is 51.1 Å². The second-order valence-electron chi connectivity index (χ2n) is 6.58. The summed E-state index contributed by atoms with van der Waals surface area (Å²) in [6.45, 7) is 5.35. The van der Waals surface area contributed by atoms with Gasteiger partial charge in [-0.15, -0.1) is 0 Å². The molecule has 2 aromatic rings. The molecular formula is C19H24ClN2O3S+. The number of piperazine rings is 1. The molecule has 1 saturated heterocycles. The van der Waals surface area contributed by atoms with Gasteiger partial charge < -0.3 is 9.64 Å². The lowest BCUT2D eigenvalue weighted by Gasteiger charge is -2.32. The summed E-state index contributed by atoms with van der Waals surface area (Å²) in [4.78, 5) is 1.53. The minimum atomic E-state index is -3.55. The lowest BCUT2D eigenvalue weighted by Crippen LogP contribution is -3.13. The molecule has 1 aliphatic rings. The van der Waals surface area contributed by atoms with E-state index in [1.807, 2.05) is 12.1 Å². The Kier molecular flexibility index (Phi) is 5.87. The molecule has 0 atom stereocenters. The van der Waals surface area contributed by atoms with E-state index in [9.17, 15) is 8.42 Å². The van der Waals surface area contributed by atoms with E-state index in [0.717, 1.165) is 30.9 Å². The predicted octanol–water partition coefficient (Wildman–Crippen LogP) is 1.75. The average Bonchev–Trinajstić information content (AvgIpc) is 2.62. The minimum absolute atomic E-state index is 0.186. The van der Waals surface area contributed by atoms with Crippen molar-refractivity contribution >= 4 is 21.6 Å². The Morgan fingerprint density at radius 2 is 1.85 bits per heavy atom. The fraction of sp³-hybridized carbons (Fsp3) is 0.368. The molecular weight excluding hydrogens is 372 g/mol. The number of nitrogens with one attached hydrogen (secondary N) is 1. The number of ether oxygens (including phenoxy) is 1. The van der Waals surface area contributed by atoms with Crippen LogP contribution in [0.25, 0.3) is 0 Å². The van der Waals surface area contributed by atoms with Crippen molar-refractivity contribution in [1.82, 2.24) is 4.31 Å². The molecule has 0 bridgehead atoms. The molecule has 1 aliphatic heterocycles. The molecule has 5 nitrogen and oxygen atoms in total. The summed E-state index contributed by atoms with van der Waals surface area (Å²) in [6.07, 6.45) is 0.